The quantitative estimate of drug-likeness (QED) is 0.677. The lowest BCUT2D eigenvalue weighted by molar-refractivity contribution is 0.0438. The number of likely N-dealkylation sites (tertiary alicyclic amines) is 1. The van der Waals surface area contributed by atoms with Crippen LogP contribution in [-0.2, 0) is 15.9 Å². The van der Waals surface area contributed by atoms with Gasteiger partial charge in [0, 0.05) is 50.9 Å². The zero-order valence-corrected chi connectivity index (χ0v) is 19.5. The van der Waals surface area contributed by atoms with Gasteiger partial charge in [0.2, 0.25) is 0 Å². The van der Waals surface area contributed by atoms with Crippen molar-refractivity contribution < 1.29 is 19.1 Å². The molecule has 1 atom stereocenters. The summed E-state index contributed by atoms with van der Waals surface area (Å²) in [6.45, 7) is 5.40. The van der Waals surface area contributed by atoms with Gasteiger partial charge >= 0.3 is 6.09 Å². The molecule has 0 bridgehead atoms. The summed E-state index contributed by atoms with van der Waals surface area (Å²) in [4.78, 5) is 36.3. The second-order valence-corrected chi connectivity index (χ2v) is 9.36. The lowest BCUT2D eigenvalue weighted by Gasteiger charge is -2.28. The first-order valence-corrected chi connectivity index (χ1v) is 12.2. The Morgan fingerprint density at radius 3 is 2.68 bits per heavy atom. The van der Waals surface area contributed by atoms with Gasteiger partial charge in [-0.05, 0) is 37.0 Å². The highest BCUT2D eigenvalue weighted by atomic mass is 16.6. The summed E-state index contributed by atoms with van der Waals surface area (Å²) in [5.41, 5.74) is 1.36. The zero-order valence-electron chi connectivity index (χ0n) is 19.5. The van der Waals surface area contributed by atoms with E-state index in [1.165, 1.54) is 5.56 Å². The first-order valence-electron chi connectivity index (χ1n) is 12.2. The molecule has 1 aromatic heterocycles. The van der Waals surface area contributed by atoms with Gasteiger partial charge in [-0.1, -0.05) is 30.3 Å². The van der Waals surface area contributed by atoms with Crippen LogP contribution in [0.15, 0.2) is 48.7 Å². The van der Waals surface area contributed by atoms with Crippen LogP contribution in [0, 0.1) is 0 Å². The third-order valence-electron chi connectivity index (χ3n) is 7.07. The van der Waals surface area contributed by atoms with E-state index >= 15 is 0 Å². The highest BCUT2D eigenvalue weighted by molar-refractivity contribution is 5.95. The molecule has 2 amide bonds. The van der Waals surface area contributed by atoms with E-state index in [9.17, 15) is 9.59 Å². The van der Waals surface area contributed by atoms with Crippen LogP contribution in [0.3, 0.4) is 0 Å². The number of rotatable bonds is 5. The molecule has 34 heavy (non-hydrogen) atoms. The van der Waals surface area contributed by atoms with Gasteiger partial charge in [0.15, 0.2) is 0 Å². The number of amides is 2. The molecule has 0 aliphatic carbocycles. The van der Waals surface area contributed by atoms with Crippen LogP contribution in [-0.4, -0.2) is 84.9 Å². The Morgan fingerprint density at radius 2 is 1.85 bits per heavy atom. The minimum atomic E-state index is -0.500. The molecule has 0 unspecified atom stereocenters. The molecule has 1 spiro atoms. The maximum atomic E-state index is 13.3. The van der Waals surface area contributed by atoms with Crippen molar-refractivity contribution in [2.75, 3.05) is 57.4 Å². The Hall–Kier alpha value is -3.13. The Balaban J connectivity index is 1.20. The molecule has 0 N–H and O–H groups in total. The van der Waals surface area contributed by atoms with E-state index in [4.69, 9.17) is 9.47 Å². The summed E-state index contributed by atoms with van der Waals surface area (Å²) >= 11 is 0. The van der Waals surface area contributed by atoms with Crippen molar-refractivity contribution in [3.63, 3.8) is 0 Å². The monoisotopic (exact) mass is 464 g/mol. The van der Waals surface area contributed by atoms with Gasteiger partial charge in [0.05, 0.1) is 19.8 Å². The van der Waals surface area contributed by atoms with Crippen LogP contribution >= 0.6 is 0 Å². The second-order valence-electron chi connectivity index (χ2n) is 9.36. The molecule has 5 rings (SSSR count). The lowest BCUT2D eigenvalue weighted by Crippen LogP contribution is -2.38. The minimum Gasteiger partial charge on any atom is -0.441 e. The van der Waals surface area contributed by atoms with Crippen LogP contribution in [0.4, 0.5) is 10.6 Å². The molecular weight excluding hydrogens is 432 g/mol. The fraction of sp³-hybridized carbons (Fsp3) is 0.500. The topological polar surface area (TPSA) is 75.2 Å². The van der Waals surface area contributed by atoms with E-state index in [0.29, 0.717) is 51.4 Å². The third-order valence-corrected chi connectivity index (χ3v) is 7.07. The Kier molecular flexibility index (Phi) is 6.67. The van der Waals surface area contributed by atoms with Crippen molar-refractivity contribution >= 4 is 17.8 Å². The number of aromatic nitrogens is 1. The predicted molar refractivity (Wildman–Crippen MR) is 128 cm³/mol. The molecule has 8 heteroatoms. The van der Waals surface area contributed by atoms with Crippen molar-refractivity contribution in [1.29, 1.82) is 0 Å². The van der Waals surface area contributed by atoms with Gasteiger partial charge in [0.25, 0.3) is 5.91 Å². The van der Waals surface area contributed by atoms with E-state index in [0.717, 1.165) is 38.2 Å². The minimum absolute atomic E-state index is 0.0132. The summed E-state index contributed by atoms with van der Waals surface area (Å²) in [5.74, 6) is 0.832. The number of hydrogen-bond acceptors (Lipinski definition) is 6. The first kappa shape index (κ1) is 22.7. The molecule has 0 saturated carbocycles. The second kappa shape index (κ2) is 10.0. The highest BCUT2D eigenvalue weighted by Crippen LogP contribution is 2.34. The fourth-order valence-electron chi connectivity index (χ4n) is 5.10. The van der Waals surface area contributed by atoms with E-state index in [1.807, 2.05) is 34.1 Å². The number of carbonyl (C=O) groups is 2. The molecule has 8 nitrogen and oxygen atoms in total. The third kappa shape index (κ3) is 5.01. The van der Waals surface area contributed by atoms with Crippen molar-refractivity contribution in [2.45, 2.75) is 31.3 Å². The molecule has 2 aromatic rings. The van der Waals surface area contributed by atoms with E-state index in [2.05, 4.69) is 22.0 Å². The van der Waals surface area contributed by atoms with Crippen molar-refractivity contribution in [3.05, 3.63) is 59.8 Å². The number of benzene rings is 1. The Bertz CT molecular complexity index is 1010. The SMILES string of the molecule is O=C1O[C@@]2(CCCN(C(=O)c3ccnc(N4CCOCC4)c3)CC2)CN1CCc1ccccc1. The van der Waals surface area contributed by atoms with Crippen LogP contribution in [0.1, 0.15) is 35.2 Å². The Morgan fingerprint density at radius 1 is 1.03 bits per heavy atom. The molecule has 3 aliphatic rings. The van der Waals surface area contributed by atoms with E-state index in [-0.39, 0.29) is 12.0 Å². The number of morpholine rings is 1. The average Bonchev–Trinajstić information content (AvgIpc) is 3.05. The van der Waals surface area contributed by atoms with Gasteiger partial charge < -0.3 is 24.2 Å². The molecule has 4 heterocycles. The van der Waals surface area contributed by atoms with Gasteiger partial charge in [-0.3, -0.25) is 4.79 Å². The number of hydrogen-bond donors (Lipinski definition) is 0. The smallest absolute Gasteiger partial charge is 0.410 e. The molecule has 180 valence electrons. The van der Waals surface area contributed by atoms with Gasteiger partial charge in [0.1, 0.15) is 11.4 Å². The molecular formula is C26H32N4O4. The van der Waals surface area contributed by atoms with E-state index < -0.39 is 5.60 Å². The zero-order chi connectivity index (χ0) is 23.4. The van der Waals surface area contributed by atoms with Crippen LogP contribution < -0.4 is 4.90 Å². The van der Waals surface area contributed by atoms with Gasteiger partial charge in [-0.25, -0.2) is 9.78 Å². The molecule has 3 aliphatic heterocycles. The summed E-state index contributed by atoms with van der Waals surface area (Å²) in [7, 11) is 0. The van der Waals surface area contributed by atoms with Crippen LogP contribution in [0.25, 0.3) is 0 Å². The number of pyridine rings is 1. The predicted octanol–water partition coefficient (Wildman–Crippen LogP) is 2.98. The number of carbonyl (C=O) groups excluding carboxylic acids is 2. The van der Waals surface area contributed by atoms with Crippen LogP contribution in [0.5, 0.6) is 0 Å². The average molecular weight is 465 g/mol. The summed E-state index contributed by atoms with van der Waals surface area (Å²) in [6.07, 6.45) is 4.53. The standard InChI is InChI=1S/C26H32N4O4/c31-24(22-7-11-27-23(19-22)28-15-17-33-18-16-28)29-12-4-9-26(10-14-29)20-30(25(32)34-26)13-8-21-5-2-1-3-6-21/h1-3,5-7,11,19H,4,8-10,12-18,20H2/t26-/m1/s1. The Labute approximate surface area is 200 Å². The normalized spacial score (nSPS) is 23.2. The molecule has 1 aromatic carbocycles. The summed E-state index contributed by atoms with van der Waals surface area (Å²) in [5, 5.41) is 0. The van der Waals surface area contributed by atoms with Crippen molar-refractivity contribution in [3.8, 4) is 0 Å². The summed E-state index contributed by atoms with van der Waals surface area (Å²) in [6, 6.07) is 13.9. The molecule has 3 fully saturated rings. The van der Waals surface area contributed by atoms with E-state index in [1.54, 1.807) is 12.3 Å². The molecule has 3 saturated heterocycles. The lowest BCUT2D eigenvalue weighted by atomic mass is 9.95. The van der Waals surface area contributed by atoms with Crippen LogP contribution in [0.2, 0.25) is 0 Å². The highest BCUT2D eigenvalue weighted by Gasteiger charge is 2.46. The maximum absolute atomic E-state index is 13.3. The van der Waals surface area contributed by atoms with Crippen molar-refractivity contribution in [2.24, 2.45) is 0 Å². The van der Waals surface area contributed by atoms with Gasteiger partial charge in [-0.15, -0.1) is 0 Å². The number of anilines is 1. The largest absolute Gasteiger partial charge is 0.441 e. The molecule has 0 radical (unpaired) electrons. The fourth-order valence-corrected chi connectivity index (χ4v) is 5.10. The van der Waals surface area contributed by atoms with Gasteiger partial charge in [-0.2, -0.15) is 0 Å². The maximum Gasteiger partial charge on any atom is 0.410 e. The summed E-state index contributed by atoms with van der Waals surface area (Å²) < 4.78 is 11.3. The number of nitrogens with zero attached hydrogens (tertiary/aromatic N) is 4. The first-order chi connectivity index (χ1) is 16.6. The van der Waals surface area contributed by atoms with Crippen molar-refractivity contribution in [1.82, 2.24) is 14.8 Å². The number of ether oxygens (including phenoxy) is 2.